The number of rotatable bonds is 5. The summed E-state index contributed by atoms with van der Waals surface area (Å²) in [4.78, 5) is 0. The van der Waals surface area contributed by atoms with Crippen LogP contribution < -0.4 is 5.32 Å². The maximum atomic E-state index is 3.83. The Kier molecular flexibility index (Phi) is 6.21. The smallest absolute Gasteiger partial charge is 0.0172 e. The third-order valence-corrected chi connectivity index (χ3v) is 5.85. The number of hydrogen-bond donors (Lipinski definition) is 1. The van der Waals surface area contributed by atoms with E-state index in [1.54, 1.807) is 0 Å². The molecule has 1 heterocycles. The quantitative estimate of drug-likeness (QED) is 0.789. The average molecular weight is 255 g/mol. The van der Waals surface area contributed by atoms with Gasteiger partial charge in [0.1, 0.15) is 0 Å². The molecule has 2 heteroatoms. The van der Waals surface area contributed by atoms with Crippen LogP contribution in [0.3, 0.4) is 0 Å². The van der Waals surface area contributed by atoms with Gasteiger partial charge in [-0.15, -0.1) is 0 Å². The van der Waals surface area contributed by atoms with Gasteiger partial charge in [0.25, 0.3) is 0 Å². The van der Waals surface area contributed by atoms with E-state index in [9.17, 15) is 0 Å². The summed E-state index contributed by atoms with van der Waals surface area (Å²) in [6.07, 6.45) is 13.0. The SMILES string of the molecule is CCCC1CCC(NCC2CCCCS2)CC1. The summed E-state index contributed by atoms with van der Waals surface area (Å²) in [7, 11) is 0. The van der Waals surface area contributed by atoms with Gasteiger partial charge in [-0.2, -0.15) is 11.8 Å². The molecule has 1 saturated carbocycles. The van der Waals surface area contributed by atoms with Crippen molar-refractivity contribution in [3.8, 4) is 0 Å². The summed E-state index contributed by atoms with van der Waals surface area (Å²) < 4.78 is 0. The van der Waals surface area contributed by atoms with E-state index in [1.807, 2.05) is 0 Å². The Morgan fingerprint density at radius 3 is 2.53 bits per heavy atom. The molecule has 0 aromatic heterocycles. The molecule has 1 atom stereocenters. The number of hydrogen-bond acceptors (Lipinski definition) is 2. The first-order valence-electron chi connectivity index (χ1n) is 7.73. The molecule has 0 amide bonds. The first-order valence-corrected chi connectivity index (χ1v) is 8.78. The second-order valence-electron chi connectivity index (χ2n) is 5.90. The predicted octanol–water partition coefficient (Wildman–Crippen LogP) is 4.22. The number of thioether (sulfide) groups is 1. The molecule has 0 bridgehead atoms. The molecule has 100 valence electrons. The van der Waals surface area contributed by atoms with E-state index in [2.05, 4.69) is 24.0 Å². The molecule has 17 heavy (non-hydrogen) atoms. The standard InChI is InChI=1S/C15H29NS/c1-2-5-13-7-9-14(10-8-13)16-12-15-6-3-4-11-17-15/h13-16H,2-12H2,1H3. The Labute approximate surface area is 112 Å². The van der Waals surface area contributed by atoms with E-state index >= 15 is 0 Å². The van der Waals surface area contributed by atoms with Gasteiger partial charge in [-0.3, -0.25) is 0 Å². The van der Waals surface area contributed by atoms with Crippen LogP contribution in [0.4, 0.5) is 0 Å². The molecular formula is C15H29NS. The molecule has 2 rings (SSSR count). The van der Waals surface area contributed by atoms with Gasteiger partial charge in [0.05, 0.1) is 0 Å². The second kappa shape index (κ2) is 7.68. The monoisotopic (exact) mass is 255 g/mol. The molecule has 1 N–H and O–H groups in total. The van der Waals surface area contributed by atoms with Crippen molar-refractivity contribution in [2.45, 2.75) is 76.0 Å². The minimum absolute atomic E-state index is 0.839. The lowest BCUT2D eigenvalue weighted by Gasteiger charge is -2.31. The van der Waals surface area contributed by atoms with Gasteiger partial charge < -0.3 is 5.32 Å². The Balaban J connectivity index is 1.57. The highest BCUT2D eigenvalue weighted by Crippen LogP contribution is 2.29. The van der Waals surface area contributed by atoms with E-state index in [0.29, 0.717) is 0 Å². The first-order chi connectivity index (χ1) is 8.38. The molecule has 0 aromatic rings. The predicted molar refractivity (Wildman–Crippen MR) is 78.8 cm³/mol. The van der Waals surface area contributed by atoms with Crippen molar-refractivity contribution < 1.29 is 0 Å². The molecule has 1 aliphatic carbocycles. The zero-order chi connectivity index (χ0) is 11.9. The topological polar surface area (TPSA) is 12.0 Å². The number of nitrogens with one attached hydrogen (secondary N) is 1. The van der Waals surface area contributed by atoms with E-state index in [1.165, 1.54) is 70.1 Å². The third kappa shape index (κ3) is 4.82. The molecule has 2 fully saturated rings. The van der Waals surface area contributed by atoms with Crippen molar-refractivity contribution in [3.63, 3.8) is 0 Å². The van der Waals surface area contributed by atoms with Gasteiger partial charge in [-0.05, 0) is 50.2 Å². The maximum absolute atomic E-state index is 3.83. The zero-order valence-corrected chi connectivity index (χ0v) is 12.2. The molecule has 1 unspecified atom stereocenters. The molecule has 1 saturated heterocycles. The molecule has 0 aromatic carbocycles. The van der Waals surface area contributed by atoms with E-state index < -0.39 is 0 Å². The third-order valence-electron chi connectivity index (χ3n) is 4.45. The molecule has 0 radical (unpaired) electrons. The summed E-state index contributed by atoms with van der Waals surface area (Å²) in [6, 6.07) is 0.839. The van der Waals surface area contributed by atoms with Crippen LogP contribution in [0.15, 0.2) is 0 Å². The first kappa shape index (κ1) is 13.7. The highest BCUT2D eigenvalue weighted by Gasteiger charge is 2.21. The van der Waals surface area contributed by atoms with Gasteiger partial charge in [0.2, 0.25) is 0 Å². The minimum Gasteiger partial charge on any atom is -0.313 e. The van der Waals surface area contributed by atoms with Gasteiger partial charge >= 0.3 is 0 Å². The van der Waals surface area contributed by atoms with Crippen LogP contribution >= 0.6 is 11.8 Å². The highest BCUT2D eigenvalue weighted by atomic mass is 32.2. The van der Waals surface area contributed by atoms with Gasteiger partial charge in [-0.25, -0.2) is 0 Å². The molecule has 2 aliphatic rings. The molecule has 1 nitrogen and oxygen atoms in total. The van der Waals surface area contributed by atoms with Crippen LogP contribution in [0.25, 0.3) is 0 Å². The Morgan fingerprint density at radius 2 is 1.88 bits per heavy atom. The van der Waals surface area contributed by atoms with E-state index in [0.717, 1.165) is 17.2 Å². The second-order valence-corrected chi connectivity index (χ2v) is 7.31. The van der Waals surface area contributed by atoms with Crippen molar-refractivity contribution in [2.75, 3.05) is 12.3 Å². The van der Waals surface area contributed by atoms with E-state index in [4.69, 9.17) is 0 Å². The summed E-state index contributed by atoms with van der Waals surface area (Å²) in [5.74, 6) is 2.44. The fraction of sp³-hybridized carbons (Fsp3) is 1.00. The van der Waals surface area contributed by atoms with Crippen molar-refractivity contribution in [1.29, 1.82) is 0 Å². The minimum atomic E-state index is 0.839. The Morgan fingerprint density at radius 1 is 1.06 bits per heavy atom. The molecule has 0 spiro atoms. The lowest BCUT2D eigenvalue weighted by atomic mass is 9.83. The Hall–Kier alpha value is 0.310. The van der Waals surface area contributed by atoms with Crippen LogP contribution in [0.2, 0.25) is 0 Å². The molecule has 1 aliphatic heterocycles. The van der Waals surface area contributed by atoms with Crippen LogP contribution in [0.1, 0.15) is 64.7 Å². The fourth-order valence-corrected chi connectivity index (χ4v) is 4.58. The van der Waals surface area contributed by atoms with Crippen LogP contribution in [0.5, 0.6) is 0 Å². The van der Waals surface area contributed by atoms with Gasteiger partial charge in [0, 0.05) is 17.8 Å². The van der Waals surface area contributed by atoms with Crippen molar-refractivity contribution in [3.05, 3.63) is 0 Å². The van der Waals surface area contributed by atoms with Crippen molar-refractivity contribution >= 4 is 11.8 Å². The largest absolute Gasteiger partial charge is 0.313 e. The molecular weight excluding hydrogens is 226 g/mol. The lowest BCUT2D eigenvalue weighted by molar-refractivity contribution is 0.278. The van der Waals surface area contributed by atoms with E-state index in [-0.39, 0.29) is 0 Å². The van der Waals surface area contributed by atoms with Crippen LogP contribution in [-0.2, 0) is 0 Å². The van der Waals surface area contributed by atoms with Crippen LogP contribution in [-0.4, -0.2) is 23.6 Å². The zero-order valence-electron chi connectivity index (χ0n) is 11.4. The van der Waals surface area contributed by atoms with Crippen molar-refractivity contribution in [1.82, 2.24) is 5.32 Å². The van der Waals surface area contributed by atoms with Gasteiger partial charge in [-0.1, -0.05) is 26.2 Å². The maximum Gasteiger partial charge on any atom is 0.0172 e. The van der Waals surface area contributed by atoms with Crippen molar-refractivity contribution in [2.24, 2.45) is 5.92 Å². The highest BCUT2D eigenvalue weighted by molar-refractivity contribution is 7.99. The summed E-state index contributed by atoms with van der Waals surface area (Å²) in [5.41, 5.74) is 0. The lowest BCUT2D eigenvalue weighted by Crippen LogP contribution is -2.37. The Bertz CT molecular complexity index is 193. The van der Waals surface area contributed by atoms with Gasteiger partial charge in [0.15, 0.2) is 0 Å². The fourth-order valence-electron chi connectivity index (χ4n) is 3.33. The normalized spacial score (nSPS) is 34.8. The summed E-state index contributed by atoms with van der Waals surface area (Å²) in [6.45, 7) is 3.60. The summed E-state index contributed by atoms with van der Waals surface area (Å²) >= 11 is 2.20. The van der Waals surface area contributed by atoms with Crippen LogP contribution in [0, 0.1) is 5.92 Å². The summed E-state index contributed by atoms with van der Waals surface area (Å²) in [5, 5.41) is 4.75. The average Bonchev–Trinajstić information content (AvgIpc) is 2.40.